The number of unbranched alkanes of at least 4 members (excludes halogenated alkanes) is 6. The minimum Gasteiger partial charge on any atom is -0.351 e. The topological polar surface area (TPSA) is 58.2 Å². The van der Waals surface area contributed by atoms with Gasteiger partial charge < -0.3 is 10.6 Å². The zero-order valence-corrected chi connectivity index (χ0v) is 18.2. The van der Waals surface area contributed by atoms with Crippen LogP contribution in [0, 0.1) is 0 Å². The lowest BCUT2D eigenvalue weighted by molar-refractivity contribution is 0.0949. The molecule has 0 aliphatic carbocycles. The average molecular weight is 447 g/mol. The van der Waals surface area contributed by atoms with Crippen LogP contribution in [0.25, 0.3) is 0 Å². The van der Waals surface area contributed by atoms with Crippen molar-refractivity contribution in [2.75, 3.05) is 13.1 Å². The van der Waals surface area contributed by atoms with E-state index >= 15 is 0 Å². The molecule has 0 aromatic carbocycles. The Morgan fingerprint density at radius 2 is 1.04 bits per heavy atom. The van der Waals surface area contributed by atoms with Crippen molar-refractivity contribution in [1.82, 2.24) is 10.6 Å². The van der Waals surface area contributed by atoms with E-state index in [1.165, 1.54) is 41.9 Å². The van der Waals surface area contributed by atoms with Gasteiger partial charge in [-0.15, -0.1) is 22.7 Å². The van der Waals surface area contributed by atoms with Crippen LogP contribution in [-0.2, 0) is 0 Å². The second kappa shape index (κ2) is 12.4. The summed E-state index contributed by atoms with van der Waals surface area (Å²) in [5.74, 6) is -0.0856. The Kier molecular flexibility index (Phi) is 10.2. The fourth-order valence-corrected chi connectivity index (χ4v) is 4.50. The summed E-state index contributed by atoms with van der Waals surface area (Å²) in [6.45, 7) is 1.40. The van der Waals surface area contributed by atoms with E-state index in [0.29, 0.717) is 31.5 Å². The van der Waals surface area contributed by atoms with Crippen LogP contribution in [0.2, 0.25) is 8.67 Å². The molecule has 0 unspecified atom stereocenters. The average Bonchev–Trinajstić information content (AvgIpc) is 3.27. The second-order valence-corrected chi connectivity index (χ2v) is 9.62. The Morgan fingerprint density at radius 1 is 0.667 bits per heavy atom. The van der Waals surface area contributed by atoms with Crippen LogP contribution in [0.4, 0.5) is 0 Å². The summed E-state index contributed by atoms with van der Waals surface area (Å²) in [6.07, 6.45) is 7.72. The lowest BCUT2D eigenvalue weighted by Crippen LogP contribution is -2.23. The van der Waals surface area contributed by atoms with Gasteiger partial charge >= 0.3 is 0 Å². The maximum absolute atomic E-state index is 11.8. The molecule has 0 aliphatic heterocycles. The molecule has 0 spiro atoms. The molecule has 0 fully saturated rings. The summed E-state index contributed by atoms with van der Waals surface area (Å²) in [6, 6.07) is 6.98. The SMILES string of the molecule is O=C(NCCCCCCCCCNC(=O)c1ccc(Cl)s1)c1ccc(Cl)s1. The highest BCUT2D eigenvalue weighted by molar-refractivity contribution is 7.18. The highest BCUT2D eigenvalue weighted by Crippen LogP contribution is 2.21. The molecule has 2 aromatic heterocycles. The fourth-order valence-electron chi connectivity index (χ4n) is 2.58. The van der Waals surface area contributed by atoms with Crippen molar-refractivity contribution in [3.8, 4) is 0 Å². The highest BCUT2D eigenvalue weighted by Gasteiger charge is 2.08. The number of carbonyl (C=O) groups excluding carboxylic acids is 2. The van der Waals surface area contributed by atoms with Crippen LogP contribution in [0.5, 0.6) is 0 Å². The third kappa shape index (κ3) is 8.64. The zero-order chi connectivity index (χ0) is 19.5. The van der Waals surface area contributed by atoms with Crippen molar-refractivity contribution >= 4 is 57.7 Å². The van der Waals surface area contributed by atoms with E-state index in [2.05, 4.69) is 10.6 Å². The van der Waals surface area contributed by atoms with Gasteiger partial charge in [-0.05, 0) is 37.1 Å². The van der Waals surface area contributed by atoms with E-state index in [1.807, 2.05) is 0 Å². The molecule has 4 nitrogen and oxygen atoms in total. The third-order valence-corrected chi connectivity index (χ3v) is 6.48. The normalized spacial score (nSPS) is 10.7. The summed E-state index contributed by atoms with van der Waals surface area (Å²) >= 11 is 14.3. The molecule has 0 aliphatic rings. The fraction of sp³-hybridized carbons (Fsp3) is 0.474. The summed E-state index contributed by atoms with van der Waals surface area (Å²) in [7, 11) is 0. The summed E-state index contributed by atoms with van der Waals surface area (Å²) in [5.41, 5.74) is 0. The van der Waals surface area contributed by atoms with E-state index in [9.17, 15) is 9.59 Å². The van der Waals surface area contributed by atoms with Crippen molar-refractivity contribution in [2.24, 2.45) is 0 Å². The smallest absolute Gasteiger partial charge is 0.261 e. The van der Waals surface area contributed by atoms with Crippen molar-refractivity contribution in [1.29, 1.82) is 0 Å². The summed E-state index contributed by atoms with van der Waals surface area (Å²) in [4.78, 5) is 25.0. The van der Waals surface area contributed by atoms with Gasteiger partial charge in [-0.25, -0.2) is 0 Å². The molecular formula is C19H24Cl2N2O2S2. The van der Waals surface area contributed by atoms with Crippen LogP contribution in [0.3, 0.4) is 0 Å². The van der Waals surface area contributed by atoms with E-state index in [1.54, 1.807) is 24.3 Å². The lowest BCUT2D eigenvalue weighted by atomic mass is 10.1. The van der Waals surface area contributed by atoms with Gasteiger partial charge in [0.15, 0.2) is 0 Å². The zero-order valence-electron chi connectivity index (χ0n) is 15.1. The number of hydrogen-bond acceptors (Lipinski definition) is 4. The van der Waals surface area contributed by atoms with E-state index < -0.39 is 0 Å². The number of rotatable bonds is 12. The predicted octanol–water partition coefficient (Wildman–Crippen LogP) is 6.01. The van der Waals surface area contributed by atoms with Gasteiger partial charge in [0.05, 0.1) is 18.4 Å². The van der Waals surface area contributed by atoms with Gasteiger partial charge in [-0.3, -0.25) is 9.59 Å². The molecule has 2 amide bonds. The van der Waals surface area contributed by atoms with Crippen LogP contribution in [0.15, 0.2) is 24.3 Å². The largest absolute Gasteiger partial charge is 0.351 e. The van der Waals surface area contributed by atoms with Gasteiger partial charge in [0.1, 0.15) is 0 Å². The first kappa shape index (κ1) is 22.2. The Balaban J connectivity index is 1.38. The molecular weight excluding hydrogens is 423 g/mol. The second-order valence-electron chi connectivity index (χ2n) is 6.19. The van der Waals surface area contributed by atoms with Gasteiger partial charge in [0.25, 0.3) is 11.8 Å². The molecule has 8 heteroatoms. The molecule has 27 heavy (non-hydrogen) atoms. The van der Waals surface area contributed by atoms with Crippen LogP contribution >= 0.6 is 45.9 Å². The molecule has 0 saturated heterocycles. The molecule has 148 valence electrons. The number of nitrogens with one attached hydrogen (secondary N) is 2. The summed E-state index contributed by atoms with van der Waals surface area (Å²) < 4.78 is 1.27. The molecule has 2 aromatic rings. The third-order valence-electron chi connectivity index (χ3n) is 4.02. The standard InChI is InChI=1S/C19H24Cl2N2O2S2/c20-16-10-8-14(26-16)18(24)22-12-6-4-2-1-3-5-7-13-23-19(25)15-9-11-17(21)27-15/h8-11H,1-7,12-13H2,(H,22,24)(H,23,25). The first-order valence-corrected chi connectivity index (χ1v) is 11.5. The number of hydrogen-bond donors (Lipinski definition) is 2. The Hall–Kier alpha value is -1.08. The Labute approximate surface area is 178 Å². The Morgan fingerprint density at radius 3 is 1.37 bits per heavy atom. The molecule has 0 radical (unpaired) electrons. The van der Waals surface area contributed by atoms with Crippen LogP contribution < -0.4 is 10.6 Å². The van der Waals surface area contributed by atoms with Crippen molar-refractivity contribution in [2.45, 2.75) is 44.9 Å². The van der Waals surface area contributed by atoms with Gasteiger partial charge in [-0.2, -0.15) is 0 Å². The molecule has 2 rings (SSSR count). The maximum atomic E-state index is 11.8. The van der Waals surface area contributed by atoms with Crippen LogP contribution in [-0.4, -0.2) is 24.9 Å². The van der Waals surface area contributed by atoms with Crippen molar-refractivity contribution in [3.05, 3.63) is 42.7 Å². The first-order valence-electron chi connectivity index (χ1n) is 9.13. The quantitative estimate of drug-likeness (QED) is 0.392. The maximum Gasteiger partial charge on any atom is 0.261 e. The molecule has 2 N–H and O–H groups in total. The van der Waals surface area contributed by atoms with E-state index in [0.717, 1.165) is 25.7 Å². The van der Waals surface area contributed by atoms with E-state index in [4.69, 9.17) is 23.2 Å². The minimum atomic E-state index is -0.0428. The van der Waals surface area contributed by atoms with Gasteiger partial charge in [0, 0.05) is 13.1 Å². The number of amides is 2. The van der Waals surface area contributed by atoms with Crippen molar-refractivity contribution in [3.63, 3.8) is 0 Å². The number of thiophene rings is 2. The predicted molar refractivity (Wildman–Crippen MR) is 116 cm³/mol. The molecule has 0 saturated carbocycles. The van der Waals surface area contributed by atoms with E-state index in [-0.39, 0.29) is 11.8 Å². The monoisotopic (exact) mass is 446 g/mol. The van der Waals surface area contributed by atoms with Gasteiger partial charge in [-0.1, -0.05) is 55.3 Å². The molecule has 0 bridgehead atoms. The number of carbonyl (C=O) groups is 2. The first-order chi connectivity index (χ1) is 13.1. The highest BCUT2D eigenvalue weighted by atomic mass is 35.5. The lowest BCUT2D eigenvalue weighted by Gasteiger charge is -2.05. The minimum absolute atomic E-state index is 0.0428. The molecule has 0 atom stereocenters. The van der Waals surface area contributed by atoms with Crippen molar-refractivity contribution < 1.29 is 9.59 Å². The summed E-state index contributed by atoms with van der Waals surface area (Å²) in [5, 5.41) is 5.84. The van der Waals surface area contributed by atoms with Gasteiger partial charge in [0.2, 0.25) is 0 Å². The van der Waals surface area contributed by atoms with Crippen LogP contribution in [0.1, 0.15) is 64.3 Å². The number of halogens is 2. The molecule has 2 heterocycles. The Bertz CT molecular complexity index is 671.